The summed E-state index contributed by atoms with van der Waals surface area (Å²) in [6, 6.07) is 15.0. The molecule has 1 heterocycles. The van der Waals surface area contributed by atoms with Crippen LogP contribution in [0.25, 0.3) is 12.2 Å². The average molecular weight is 444 g/mol. The topological polar surface area (TPSA) is 78.5 Å². The second-order valence-electron chi connectivity index (χ2n) is 8.89. The van der Waals surface area contributed by atoms with Gasteiger partial charge in [-0.05, 0) is 66.3 Å². The van der Waals surface area contributed by atoms with Crippen LogP contribution in [0.5, 0.6) is 0 Å². The molecule has 2 N–H and O–H groups in total. The van der Waals surface area contributed by atoms with E-state index in [9.17, 15) is 14.4 Å². The molecule has 2 aromatic carbocycles. The fourth-order valence-corrected chi connectivity index (χ4v) is 4.04. The SMILES string of the molecule is CC(=O)Nc1ccc(/C=C2/CN(CC3CC3)C/C(=C\c3ccc(NC(C)=O)cc3)C2=O)cc1. The number of amides is 2. The van der Waals surface area contributed by atoms with Crippen LogP contribution in [0, 0.1) is 5.92 Å². The van der Waals surface area contributed by atoms with Gasteiger partial charge in [-0.1, -0.05) is 24.3 Å². The monoisotopic (exact) mass is 443 g/mol. The number of hydrogen-bond acceptors (Lipinski definition) is 4. The van der Waals surface area contributed by atoms with Gasteiger partial charge in [-0.3, -0.25) is 19.3 Å². The van der Waals surface area contributed by atoms with E-state index in [1.54, 1.807) is 0 Å². The van der Waals surface area contributed by atoms with Crippen molar-refractivity contribution >= 4 is 41.1 Å². The zero-order valence-corrected chi connectivity index (χ0v) is 19.1. The minimum atomic E-state index is -0.112. The summed E-state index contributed by atoms with van der Waals surface area (Å²) in [5, 5.41) is 5.52. The van der Waals surface area contributed by atoms with Gasteiger partial charge < -0.3 is 10.6 Å². The number of ketones is 1. The van der Waals surface area contributed by atoms with Crippen LogP contribution in [0.15, 0.2) is 59.7 Å². The first-order valence-electron chi connectivity index (χ1n) is 11.3. The second kappa shape index (κ2) is 9.96. The van der Waals surface area contributed by atoms with Gasteiger partial charge >= 0.3 is 0 Å². The molecule has 0 unspecified atom stereocenters. The third-order valence-electron chi connectivity index (χ3n) is 5.73. The van der Waals surface area contributed by atoms with E-state index < -0.39 is 0 Å². The predicted molar refractivity (Wildman–Crippen MR) is 132 cm³/mol. The minimum Gasteiger partial charge on any atom is -0.326 e. The van der Waals surface area contributed by atoms with E-state index in [0.717, 1.165) is 46.1 Å². The molecule has 0 atom stereocenters. The van der Waals surface area contributed by atoms with Gasteiger partial charge in [0, 0.05) is 56.0 Å². The number of carbonyl (C=O) groups excluding carboxylic acids is 3. The Balaban J connectivity index is 1.57. The highest BCUT2D eigenvalue weighted by atomic mass is 16.2. The molecule has 170 valence electrons. The van der Waals surface area contributed by atoms with Crippen molar-refractivity contribution in [1.29, 1.82) is 0 Å². The van der Waals surface area contributed by atoms with E-state index in [1.165, 1.54) is 26.7 Å². The Kier molecular flexibility index (Phi) is 6.84. The molecule has 0 radical (unpaired) electrons. The summed E-state index contributed by atoms with van der Waals surface area (Å²) in [5.41, 5.74) is 4.88. The van der Waals surface area contributed by atoms with Crippen LogP contribution in [0.3, 0.4) is 0 Å². The zero-order chi connectivity index (χ0) is 23.4. The summed E-state index contributed by atoms with van der Waals surface area (Å²) in [5.74, 6) is 0.576. The van der Waals surface area contributed by atoms with E-state index in [-0.39, 0.29) is 17.6 Å². The Morgan fingerprint density at radius 1 is 0.818 bits per heavy atom. The van der Waals surface area contributed by atoms with Crippen molar-refractivity contribution < 1.29 is 14.4 Å². The lowest BCUT2D eigenvalue weighted by Crippen LogP contribution is -2.38. The molecule has 2 aliphatic rings. The lowest BCUT2D eigenvalue weighted by molar-refractivity contribution is -0.115. The van der Waals surface area contributed by atoms with Gasteiger partial charge in [0.05, 0.1) is 0 Å². The summed E-state index contributed by atoms with van der Waals surface area (Å²) in [4.78, 5) is 38.2. The summed E-state index contributed by atoms with van der Waals surface area (Å²) < 4.78 is 0. The molecule has 0 aromatic heterocycles. The van der Waals surface area contributed by atoms with Gasteiger partial charge in [-0.2, -0.15) is 0 Å². The fourth-order valence-electron chi connectivity index (χ4n) is 4.04. The average Bonchev–Trinajstić information content (AvgIpc) is 3.57. The molecule has 2 fully saturated rings. The molecule has 1 saturated heterocycles. The Labute approximate surface area is 194 Å². The largest absolute Gasteiger partial charge is 0.326 e. The van der Waals surface area contributed by atoms with Crippen LogP contribution in [-0.4, -0.2) is 42.1 Å². The zero-order valence-electron chi connectivity index (χ0n) is 19.1. The molecule has 4 rings (SSSR count). The molecule has 2 amide bonds. The number of piperidine rings is 1. The second-order valence-corrected chi connectivity index (χ2v) is 8.89. The molecular weight excluding hydrogens is 414 g/mol. The number of rotatable bonds is 6. The predicted octanol–water partition coefficient (Wildman–Crippen LogP) is 4.37. The third kappa shape index (κ3) is 6.49. The number of carbonyl (C=O) groups is 3. The van der Waals surface area contributed by atoms with Crippen LogP contribution in [-0.2, 0) is 14.4 Å². The summed E-state index contributed by atoms with van der Waals surface area (Å²) in [7, 11) is 0. The lowest BCUT2D eigenvalue weighted by atomic mass is 9.94. The van der Waals surface area contributed by atoms with Crippen LogP contribution in [0.1, 0.15) is 37.8 Å². The molecule has 33 heavy (non-hydrogen) atoms. The normalized spacial score (nSPS) is 19.0. The fraction of sp³-hybridized carbons (Fsp3) is 0.296. The van der Waals surface area contributed by atoms with E-state index in [0.29, 0.717) is 13.1 Å². The molecular formula is C27H29N3O3. The summed E-state index contributed by atoms with van der Waals surface area (Å²) in [6.45, 7) is 5.24. The van der Waals surface area contributed by atoms with Gasteiger partial charge in [-0.15, -0.1) is 0 Å². The Morgan fingerprint density at radius 2 is 1.24 bits per heavy atom. The van der Waals surface area contributed by atoms with Gasteiger partial charge in [0.1, 0.15) is 0 Å². The van der Waals surface area contributed by atoms with E-state index in [2.05, 4.69) is 15.5 Å². The lowest BCUT2D eigenvalue weighted by Gasteiger charge is -2.30. The first-order chi connectivity index (χ1) is 15.9. The highest BCUT2D eigenvalue weighted by Gasteiger charge is 2.30. The number of anilines is 2. The van der Waals surface area contributed by atoms with Gasteiger partial charge in [0.25, 0.3) is 0 Å². The Morgan fingerprint density at radius 3 is 1.61 bits per heavy atom. The third-order valence-corrected chi connectivity index (χ3v) is 5.73. The maximum atomic E-state index is 13.3. The standard InChI is InChI=1S/C27H29N3O3/c1-18(31)28-25-9-5-20(6-10-25)13-23-16-30(15-22-3-4-22)17-24(27(23)33)14-21-7-11-26(12-8-21)29-19(2)32/h5-14,22H,3-4,15-17H2,1-2H3,(H,28,31)(H,29,32)/b23-13-,24-14+. The number of benzene rings is 2. The summed E-state index contributed by atoms with van der Waals surface area (Å²) in [6.07, 6.45) is 6.43. The van der Waals surface area contributed by atoms with Crippen molar-refractivity contribution in [3.05, 3.63) is 70.8 Å². The van der Waals surface area contributed by atoms with Gasteiger partial charge in [-0.25, -0.2) is 0 Å². The number of likely N-dealkylation sites (tertiary alicyclic amines) is 1. The van der Waals surface area contributed by atoms with E-state index >= 15 is 0 Å². The number of Topliss-reactive ketones (excluding diaryl/α,β-unsaturated/α-hetero) is 1. The first kappa shape index (κ1) is 22.7. The maximum Gasteiger partial charge on any atom is 0.221 e. The van der Waals surface area contributed by atoms with Crippen molar-refractivity contribution in [3.8, 4) is 0 Å². The molecule has 1 aliphatic carbocycles. The smallest absolute Gasteiger partial charge is 0.221 e. The van der Waals surface area contributed by atoms with Crippen molar-refractivity contribution in [2.45, 2.75) is 26.7 Å². The van der Waals surface area contributed by atoms with Gasteiger partial charge in [0.2, 0.25) is 11.8 Å². The number of nitrogens with one attached hydrogen (secondary N) is 2. The molecule has 6 heteroatoms. The van der Waals surface area contributed by atoms with Crippen molar-refractivity contribution in [2.24, 2.45) is 5.92 Å². The Bertz CT molecular complexity index is 1030. The van der Waals surface area contributed by atoms with Crippen molar-refractivity contribution in [3.63, 3.8) is 0 Å². The van der Waals surface area contributed by atoms with E-state index in [4.69, 9.17) is 0 Å². The molecule has 1 saturated carbocycles. The molecule has 0 bridgehead atoms. The van der Waals surface area contributed by atoms with Crippen LogP contribution >= 0.6 is 0 Å². The minimum absolute atomic E-state index is 0.0684. The van der Waals surface area contributed by atoms with E-state index in [1.807, 2.05) is 60.7 Å². The maximum absolute atomic E-state index is 13.3. The number of hydrogen-bond donors (Lipinski definition) is 2. The van der Waals surface area contributed by atoms with Crippen molar-refractivity contribution in [1.82, 2.24) is 4.90 Å². The highest BCUT2D eigenvalue weighted by Crippen LogP contribution is 2.32. The van der Waals surface area contributed by atoms with Crippen LogP contribution in [0.2, 0.25) is 0 Å². The van der Waals surface area contributed by atoms with Gasteiger partial charge in [0.15, 0.2) is 5.78 Å². The Hall–Kier alpha value is -3.51. The van der Waals surface area contributed by atoms with Crippen molar-refractivity contribution in [2.75, 3.05) is 30.3 Å². The quantitative estimate of drug-likeness (QED) is 0.650. The number of nitrogens with zero attached hydrogens (tertiary/aromatic N) is 1. The molecule has 1 aliphatic heterocycles. The summed E-state index contributed by atoms with van der Waals surface area (Å²) >= 11 is 0. The highest BCUT2D eigenvalue weighted by molar-refractivity contribution is 6.14. The molecule has 2 aromatic rings. The molecule has 0 spiro atoms. The first-order valence-corrected chi connectivity index (χ1v) is 11.3. The molecule has 6 nitrogen and oxygen atoms in total. The van der Waals surface area contributed by atoms with Crippen LogP contribution < -0.4 is 10.6 Å². The van der Waals surface area contributed by atoms with Crippen LogP contribution in [0.4, 0.5) is 11.4 Å².